The lowest BCUT2D eigenvalue weighted by Gasteiger charge is -2.10. The lowest BCUT2D eigenvalue weighted by atomic mass is 10.2. The lowest BCUT2D eigenvalue weighted by molar-refractivity contribution is -0.137. The summed E-state index contributed by atoms with van der Waals surface area (Å²) in [5.41, 5.74) is -2.49. The molecule has 0 spiro atoms. The van der Waals surface area contributed by atoms with Gasteiger partial charge >= 0.3 is 6.18 Å². The fourth-order valence-corrected chi connectivity index (χ4v) is 1.56. The highest BCUT2D eigenvalue weighted by Gasteiger charge is 2.31. The smallest absolute Gasteiger partial charge is 0.267 e. The largest absolute Gasteiger partial charge is 0.416 e. The number of aromatic nitrogens is 2. The second-order valence-corrected chi connectivity index (χ2v) is 4.02. The van der Waals surface area contributed by atoms with E-state index in [0.717, 1.165) is 12.3 Å². The van der Waals surface area contributed by atoms with Gasteiger partial charge in [0.25, 0.3) is 5.56 Å². The van der Waals surface area contributed by atoms with Gasteiger partial charge in [0.15, 0.2) is 0 Å². The Kier molecular flexibility index (Phi) is 3.32. The van der Waals surface area contributed by atoms with E-state index >= 15 is 0 Å². The summed E-state index contributed by atoms with van der Waals surface area (Å²) in [7, 11) is 0. The molecule has 19 heavy (non-hydrogen) atoms. The van der Waals surface area contributed by atoms with Gasteiger partial charge in [0, 0.05) is 6.07 Å². The first-order chi connectivity index (χ1) is 8.79. The summed E-state index contributed by atoms with van der Waals surface area (Å²) in [5.74, 6) is -0.995. The third-order valence-corrected chi connectivity index (χ3v) is 2.47. The molecule has 0 aliphatic heterocycles. The van der Waals surface area contributed by atoms with Crippen LogP contribution in [0, 0.1) is 5.82 Å². The fourth-order valence-electron chi connectivity index (χ4n) is 1.42. The van der Waals surface area contributed by atoms with E-state index < -0.39 is 28.8 Å². The predicted octanol–water partition coefficient (Wildman–Crippen LogP) is 3.04. The summed E-state index contributed by atoms with van der Waals surface area (Å²) >= 11 is 5.50. The van der Waals surface area contributed by atoms with Crippen molar-refractivity contribution in [1.29, 1.82) is 0 Å². The van der Waals surface area contributed by atoms with Crippen LogP contribution in [0.25, 0.3) is 5.69 Å². The van der Waals surface area contributed by atoms with E-state index in [1.807, 2.05) is 0 Å². The van der Waals surface area contributed by atoms with Gasteiger partial charge in [-0.1, -0.05) is 11.6 Å². The van der Waals surface area contributed by atoms with Crippen molar-refractivity contribution in [1.82, 2.24) is 9.78 Å². The first-order valence-corrected chi connectivity index (χ1v) is 5.29. The first kappa shape index (κ1) is 13.5. The number of halogens is 5. The average Bonchev–Trinajstić information content (AvgIpc) is 2.29. The van der Waals surface area contributed by atoms with Gasteiger partial charge in [0.1, 0.15) is 11.5 Å². The van der Waals surface area contributed by atoms with Crippen LogP contribution in [0.4, 0.5) is 17.6 Å². The van der Waals surface area contributed by atoms with E-state index in [0.29, 0.717) is 22.9 Å². The van der Waals surface area contributed by atoms with E-state index in [2.05, 4.69) is 5.10 Å². The zero-order valence-electron chi connectivity index (χ0n) is 9.08. The topological polar surface area (TPSA) is 34.9 Å². The van der Waals surface area contributed by atoms with Gasteiger partial charge in [-0.15, -0.1) is 0 Å². The minimum atomic E-state index is -4.64. The molecule has 0 N–H and O–H groups in total. The number of nitrogens with zero attached hydrogens (tertiary/aromatic N) is 2. The lowest BCUT2D eigenvalue weighted by Crippen LogP contribution is -2.21. The average molecular weight is 293 g/mol. The van der Waals surface area contributed by atoms with Crippen molar-refractivity contribution in [2.75, 3.05) is 0 Å². The fraction of sp³-hybridized carbons (Fsp3) is 0.0909. The van der Waals surface area contributed by atoms with E-state index in [4.69, 9.17) is 11.6 Å². The van der Waals surface area contributed by atoms with Gasteiger partial charge in [0.2, 0.25) is 0 Å². The summed E-state index contributed by atoms with van der Waals surface area (Å²) in [6.45, 7) is 0. The highest BCUT2D eigenvalue weighted by molar-refractivity contribution is 6.30. The monoisotopic (exact) mass is 292 g/mol. The summed E-state index contributed by atoms with van der Waals surface area (Å²) in [4.78, 5) is 11.5. The maximum absolute atomic E-state index is 13.5. The zero-order valence-corrected chi connectivity index (χ0v) is 9.84. The zero-order chi connectivity index (χ0) is 14.2. The Bertz CT molecular complexity index is 681. The molecule has 0 saturated heterocycles. The van der Waals surface area contributed by atoms with Crippen LogP contribution in [0.1, 0.15) is 5.56 Å². The minimum Gasteiger partial charge on any atom is -0.267 e. The molecule has 100 valence electrons. The Labute approximate surface area is 109 Å². The van der Waals surface area contributed by atoms with Crippen LogP contribution in [0.3, 0.4) is 0 Å². The van der Waals surface area contributed by atoms with Crippen molar-refractivity contribution in [3.05, 3.63) is 57.2 Å². The van der Waals surface area contributed by atoms with Gasteiger partial charge in [0.05, 0.1) is 16.8 Å². The van der Waals surface area contributed by atoms with Gasteiger partial charge in [-0.05, 0) is 18.2 Å². The van der Waals surface area contributed by atoms with Crippen LogP contribution < -0.4 is 5.56 Å². The summed E-state index contributed by atoms with van der Waals surface area (Å²) in [6.07, 6.45) is -3.61. The molecule has 1 aromatic heterocycles. The van der Waals surface area contributed by atoms with Crippen LogP contribution in [-0.2, 0) is 6.18 Å². The number of hydrogen-bond donors (Lipinski definition) is 0. The molecule has 0 atom stereocenters. The molecule has 0 amide bonds. The maximum atomic E-state index is 13.5. The van der Waals surface area contributed by atoms with Crippen molar-refractivity contribution in [3.63, 3.8) is 0 Å². The summed E-state index contributed by atoms with van der Waals surface area (Å²) in [6, 6.07) is 2.65. The SMILES string of the molecule is O=c1cc(Cl)cnn1-c1cc(C(F)(F)F)ccc1F. The molecule has 0 bridgehead atoms. The second-order valence-electron chi connectivity index (χ2n) is 3.59. The van der Waals surface area contributed by atoms with Crippen LogP contribution in [0.5, 0.6) is 0 Å². The van der Waals surface area contributed by atoms with Gasteiger partial charge < -0.3 is 0 Å². The van der Waals surface area contributed by atoms with Crippen molar-refractivity contribution >= 4 is 11.6 Å². The molecule has 2 aromatic rings. The third-order valence-electron chi connectivity index (χ3n) is 2.27. The number of rotatable bonds is 1. The van der Waals surface area contributed by atoms with Gasteiger partial charge in [-0.3, -0.25) is 4.79 Å². The predicted molar refractivity (Wildman–Crippen MR) is 59.8 cm³/mol. The number of benzene rings is 1. The molecular weight excluding hydrogens is 288 g/mol. The molecule has 0 radical (unpaired) electrons. The maximum Gasteiger partial charge on any atom is 0.416 e. The summed E-state index contributed by atoms with van der Waals surface area (Å²) < 4.78 is 51.6. The Morgan fingerprint density at radius 3 is 2.47 bits per heavy atom. The Hall–Kier alpha value is -1.89. The second kappa shape index (κ2) is 4.65. The molecule has 1 aromatic carbocycles. The molecular formula is C11H5ClF4N2O. The molecule has 0 aliphatic rings. The van der Waals surface area contributed by atoms with E-state index in [-0.39, 0.29) is 5.02 Å². The van der Waals surface area contributed by atoms with Crippen LogP contribution in [0.15, 0.2) is 35.3 Å². The number of hydrogen-bond acceptors (Lipinski definition) is 2. The minimum absolute atomic E-state index is 0.00799. The van der Waals surface area contributed by atoms with Crippen molar-refractivity contribution < 1.29 is 17.6 Å². The van der Waals surface area contributed by atoms with E-state index in [9.17, 15) is 22.4 Å². The molecule has 0 saturated carbocycles. The first-order valence-electron chi connectivity index (χ1n) is 4.91. The quantitative estimate of drug-likeness (QED) is 0.757. The van der Waals surface area contributed by atoms with Crippen LogP contribution in [0.2, 0.25) is 5.02 Å². The van der Waals surface area contributed by atoms with E-state index in [1.54, 1.807) is 0 Å². The highest BCUT2D eigenvalue weighted by atomic mass is 35.5. The summed E-state index contributed by atoms with van der Waals surface area (Å²) in [5, 5.41) is 3.50. The highest BCUT2D eigenvalue weighted by Crippen LogP contribution is 2.30. The normalized spacial score (nSPS) is 11.6. The standard InChI is InChI=1S/C11H5ClF4N2O/c12-7-4-10(19)18(17-5-7)9-3-6(11(14,15)16)1-2-8(9)13/h1-5H. The molecule has 0 aliphatic carbocycles. The molecule has 3 nitrogen and oxygen atoms in total. The Morgan fingerprint density at radius 2 is 1.89 bits per heavy atom. The Balaban J connectivity index is 2.65. The van der Waals surface area contributed by atoms with Crippen LogP contribution >= 0.6 is 11.6 Å². The molecule has 8 heteroatoms. The van der Waals surface area contributed by atoms with E-state index in [1.165, 1.54) is 0 Å². The van der Waals surface area contributed by atoms with Crippen molar-refractivity contribution in [2.45, 2.75) is 6.18 Å². The molecule has 0 unspecified atom stereocenters. The van der Waals surface area contributed by atoms with Crippen LogP contribution in [-0.4, -0.2) is 9.78 Å². The Morgan fingerprint density at radius 1 is 1.21 bits per heavy atom. The van der Waals surface area contributed by atoms with Gasteiger partial charge in [-0.2, -0.15) is 23.0 Å². The third kappa shape index (κ3) is 2.76. The van der Waals surface area contributed by atoms with Crippen molar-refractivity contribution in [3.8, 4) is 5.69 Å². The molecule has 1 heterocycles. The van der Waals surface area contributed by atoms with Gasteiger partial charge in [-0.25, -0.2) is 4.39 Å². The molecule has 2 rings (SSSR count). The number of alkyl halides is 3. The molecule has 0 fully saturated rings. The van der Waals surface area contributed by atoms with Crippen molar-refractivity contribution in [2.24, 2.45) is 0 Å².